The van der Waals surface area contributed by atoms with E-state index in [0.29, 0.717) is 52.0 Å². The molecule has 6 N–H and O–H groups in total. The van der Waals surface area contributed by atoms with Gasteiger partial charge in [-0.3, -0.25) is 14.4 Å². The van der Waals surface area contributed by atoms with Crippen LogP contribution in [0, 0.1) is 61.4 Å². The summed E-state index contributed by atoms with van der Waals surface area (Å²) in [5.41, 5.74) is 25.3. The van der Waals surface area contributed by atoms with E-state index in [2.05, 4.69) is 23.6 Å². The summed E-state index contributed by atoms with van der Waals surface area (Å²) in [6, 6.07) is 12.3. The fraction of sp³-hybridized carbons (Fsp3) is 0.500. The summed E-state index contributed by atoms with van der Waals surface area (Å²) in [4.78, 5) is 44.4. The molecule has 3 aliphatic carbocycles. The van der Waals surface area contributed by atoms with E-state index >= 15 is 0 Å². The number of aromatic nitrogens is 3. The number of nitrogens with two attached hydrogens (primary N) is 3. The molecule has 0 bridgehead atoms. The van der Waals surface area contributed by atoms with Gasteiger partial charge < -0.3 is 45.6 Å². The molecule has 0 radical (unpaired) electrons. The Balaban J connectivity index is 0.000000134. The maximum absolute atomic E-state index is 14.9. The first-order valence-corrected chi connectivity index (χ1v) is 26.0. The van der Waals surface area contributed by atoms with Gasteiger partial charge in [-0.1, -0.05) is 13.8 Å². The normalized spacial score (nSPS) is 20.6. The molecular formula is C56H68ClF3N10O3. The molecule has 6 aliphatic rings. The van der Waals surface area contributed by atoms with Gasteiger partial charge in [0.15, 0.2) is 0 Å². The number of aryl methyl sites for hydroxylation is 3. The molecule has 0 amide bonds. The van der Waals surface area contributed by atoms with Gasteiger partial charge in [-0.25, -0.2) is 13.2 Å². The quantitative estimate of drug-likeness (QED) is 0.134. The van der Waals surface area contributed by atoms with Gasteiger partial charge in [0.25, 0.3) is 16.7 Å². The van der Waals surface area contributed by atoms with Crippen molar-refractivity contribution in [1.29, 1.82) is 5.26 Å². The van der Waals surface area contributed by atoms with Crippen molar-refractivity contribution in [3.63, 3.8) is 0 Å². The molecule has 3 atom stereocenters. The van der Waals surface area contributed by atoms with Crippen LogP contribution in [0.1, 0.15) is 123 Å². The lowest BCUT2D eigenvalue weighted by atomic mass is 10.0. The lowest BCUT2D eigenvalue weighted by Gasteiger charge is -2.24. The van der Waals surface area contributed by atoms with Crippen molar-refractivity contribution in [3.05, 3.63) is 118 Å². The Morgan fingerprint density at radius 2 is 0.877 bits per heavy atom. The number of rotatable bonds is 8. The van der Waals surface area contributed by atoms with E-state index in [1.165, 1.54) is 12.1 Å². The first-order valence-electron chi connectivity index (χ1n) is 26.0. The van der Waals surface area contributed by atoms with Gasteiger partial charge in [0, 0.05) is 104 Å². The van der Waals surface area contributed by atoms with Gasteiger partial charge >= 0.3 is 0 Å². The van der Waals surface area contributed by atoms with Crippen LogP contribution in [0.5, 0.6) is 0 Å². The maximum Gasteiger partial charge on any atom is 0.269 e. The van der Waals surface area contributed by atoms with Crippen LogP contribution in [0.4, 0.5) is 30.2 Å². The second-order valence-corrected chi connectivity index (χ2v) is 21.6. The van der Waals surface area contributed by atoms with Crippen LogP contribution in [0.25, 0.3) is 32.7 Å². The molecule has 3 aromatic heterocycles. The largest absolute Gasteiger partial charge is 0.369 e. The number of pyridine rings is 3. The number of nitriles is 1. The van der Waals surface area contributed by atoms with E-state index in [1.807, 2.05) is 40.9 Å². The van der Waals surface area contributed by atoms with E-state index in [4.69, 9.17) is 17.2 Å². The maximum atomic E-state index is 14.9. The van der Waals surface area contributed by atoms with Gasteiger partial charge in [-0.15, -0.1) is 12.4 Å². The highest BCUT2D eigenvalue weighted by atomic mass is 35.5. The zero-order valence-electron chi connectivity index (χ0n) is 42.6. The zero-order valence-corrected chi connectivity index (χ0v) is 43.4. The van der Waals surface area contributed by atoms with Crippen LogP contribution in [0.3, 0.4) is 0 Å². The molecule has 3 saturated carbocycles. The van der Waals surface area contributed by atoms with Crippen molar-refractivity contribution in [1.82, 2.24) is 13.7 Å². The molecule has 388 valence electrons. The molecule has 3 aliphatic heterocycles. The number of hydrogen-bond acceptors (Lipinski definition) is 10. The summed E-state index contributed by atoms with van der Waals surface area (Å²) in [6.07, 6.45) is 8.88. The van der Waals surface area contributed by atoms with Crippen molar-refractivity contribution < 1.29 is 13.2 Å². The van der Waals surface area contributed by atoms with Crippen LogP contribution in [0.15, 0.2) is 50.8 Å². The molecular weight excluding hydrogens is 953 g/mol. The molecule has 6 fully saturated rings. The molecule has 6 aromatic rings. The molecule has 0 unspecified atom stereocenters. The van der Waals surface area contributed by atoms with Crippen molar-refractivity contribution in [3.8, 4) is 6.07 Å². The molecule has 13 nitrogen and oxygen atoms in total. The van der Waals surface area contributed by atoms with Gasteiger partial charge in [0.2, 0.25) is 0 Å². The third-order valence-electron chi connectivity index (χ3n) is 15.9. The molecule has 12 rings (SSSR count). The highest BCUT2D eigenvalue weighted by Crippen LogP contribution is 2.43. The van der Waals surface area contributed by atoms with Crippen LogP contribution in [-0.4, -0.2) is 59.0 Å². The number of anilines is 3. The summed E-state index contributed by atoms with van der Waals surface area (Å²) in [6.45, 7) is 15.3. The van der Waals surface area contributed by atoms with E-state index in [1.54, 1.807) is 28.8 Å². The summed E-state index contributed by atoms with van der Waals surface area (Å²) in [7, 11) is 0. The summed E-state index contributed by atoms with van der Waals surface area (Å²) < 4.78 is 50.0. The van der Waals surface area contributed by atoms with E-state index in [9.17, 15) is 32.8 Å². The zero-order chi connectivity index (χ0) is 51.0. The minimum Gasteiger partial charge on any atom is -0.369 e. The Hall–Kier alpha value is -5.86. The van der Waals surface area contributed by atoms with Gasteiger partial charge in [0.1, 0.15) is 29.1 Å². The standard InChI is InChI=1S/C19H24FN3O.C19H20FN3O.C18H23FN4O.ClH/c2*1-11-5-6-22(10-11)18-12(2)17-13(8-16(18)20)7-14(9-21)19(24)23(17)15-3-4-15;1-10-16-11(6-12(8-20)18(24)23(16)14-2-3-14)7-15(19)17(10)22-5-4-13(21)9-22;/h7-8,11,15H,3-6,9-10,21H2,1-2H3;7-8,11,15H,3-6,10H2,1-2H3;6-7,13-14H,2-5,8-9,20-21H2,1H3;1H/t2*11-;13-;/m000./s1. The first-order chi connectivity index (χ1) is 34.5. The number of nitrogens with zero attached hydrogens (tertiary/aromatic N) is 7. The average Bonchev–Trinajstić information content (AvgIpc) is 4.29. The van der Waals surface area contributed by atoms with Crippen LogP contribution >= 0.6 is 12.4 Å². The van der Waals surface area contributed by atoms with Gasteiger partial charge in [-0.05, 0) is 143 Å². The summed E-state index contributed by atoms with van der Waals surface area (Å²) in [5, 5.41) is 11.4. The monoisotopic (exact) mass is 1020 g/mol. The predicted octanol–water partition coefficient (Wildman–Crippen LogP) is 8.79. The first kappa shape index (κ1) is 52.0. The third kappa shape index (κ3) is 9.62. The minimum atomic E-state index is -0.265. The number of halogens is 4. The fourth-order valence-corrected chi connectivity index (χ4v) is 11.9. The lowest BCUT2D eigenvalue weighted by Crippen LogP contribution is -2.29. The van der Waals surface area contributed by atoms with E-state index in [-0.39, 0.29) is 89.4 Å². The number of benzene rings is 3. The smallest absolute Gasteiger partial charge is 0.269 e. The topological polar surface area (TPSA) is 178 Å². The van der Waals surface area contributed by atoms with Crippen LogP contribution in [-0.2, 0) is 13.1 Å². The molecule has 6 heterocycles. The van der Waals surface area contributed by atoms with Crippen molar-refractivity contribution in [2.45, 2.75) is 130 Å². The molecule has 3 aromatic carbocycles. The fourth-order valence-electron chi connectivity index (χ4n) is 11.9. The third-order valence-corrected chi connectivity index (χ3v) is 15.9. The van der Waals surface area contributed by atoms with Crippen molar-refractivity contribution in [2.24, 2.45) is 29.0 Å². The second kappa shape index (κ2) is 20.5. The lowest BCUT2D eigenvalue weighted by molar-refractivity contribution is 0.618. The predicted molar refractivity (Wildman–Crippen MR) is 288 cm³/mol. The van der Waals surface area contributed by atoms with Gasteiger partial charge in [0.05, 0.1) is 33.6 Å². The molecule has 73 heavy (non-hydrogen) atoms. The Morgan fingerprint density at radius 1 is 0.534 bits per heavy atom. The molecule has 3 saturated heterocycles. The second-order valence-electron chi connectivity index (χ2n) is 21.6. The minimum absolute atomic E-state index is 0. The summed E-state index contributed by atoms with van der Waals surface area (Å²) in [5.74, 6) is 0.408. The molecule has 0 spiro atoms. The highest BCUT2D eigenvalue weighted by molar-refractivity contribution is 5.91. The van der Waals surface area contributed by atoms with E-state index in [0.717, 1.165) is 135 Å². The highest BCUT2D eigenvalue weighted by Gasteiger charge is 2.34. The Morgan fingerprint density at radius 3 is 1.18 bits per heavy atom. The SMILES string of the molecule is Cc1c(N2CC[C@H](C)C2)c(F)cc2cc(C#N)c(=O)n(C3CC3)c12.Cc1c(N2CC[C@H](C)C2)c(F)cc2cc(CN)c(=O)n(C3CC3)c12.Cc1c(N2CC[C@H](N)C2)c(F)cc2cc(CN)c(=O)n(C3CC3)c12.Cl. The van der Waals surface area contributed by atoms with Crippen molar-refractivity contribution in [2.75, 3.05) is 54.0 Å². The number of fused-ring (bicyclic) bond motifs is 3. The Kier molecular flexibility index (Phi) is 14.6. The van der Waals surface area contributed by atoms with Crippen molar-refractivity contribution >= 4 is 62.2 Å². The Bertz CT molecular complexity index is 3250. The number of hydrogen-bond donors (Lipinski definition) is 3. The van der Waals surface area contributed by atoms with Crippen LogP contribution < -0.4 is 48.6 Å². The average molecular weight is 1020 g/mol. The van der Waals surface area contributed by atoms with Gasteiger partial charge in [-0.2, -0.15) is 5.26 Å². The van der Waals surface area contributed by atoms with E-state index < -0.39 is 0 Å². The van der Waals surface area contributed by atoms with Crippen LogP contribution in [0.2, 0.25) is 0 Å². The Labute approximate surface area is 429 Å². The molecule has 17 heteroatoms. The summed E-state index contributed by atoms with van der Waals surface area (Å²) >= 11 is 0.